The molecule has 31 heavy (non-hydrogen) atoms. The standard InChI is InChI=1S/C23H22Cl2N2O3S/c24-12-18(28)20-11-17-22(31-20)15(4-5-26-17)16-10-14(25)8-13-9-19(30-21(13)16)23(29)27-6-2-1-3-7-27/h4-5,8,10-11,18-19,28H,1-3,6-7,9,12H2. The Labute approximate surface area is 194 Å². The molecule has 0 radical (unpaired) electrons. The number of amides is 1. The van der Waals surface area contributed by atoms with Crippen molar-refractivity contribution >= 4 is 50.7 Å². The lowest BCUT2D eigenvalue weighted by atomic mass is 10.0. The van der Waals surface area contributed by atoms with Crippen LogP contribution in [0, 0.1) is 0 Å². The van der Waals surface area contributed by atoms with Crippen LogP contribution in [0.4, 0.5) is 0 Å². The Kier molecular flexibility index (Phi) is 5.82. The average Bonchev–Trinajstić information content (AvgIpc) is 3.42. The van der Waals surface area contributed by atoms with Crippen molar-refractivity contribution in [2.45, 2.75) is 37.9 Å². The predicted molar refractivity (Wildman–Crippen MR) is 124 cm³/mol. The molecule has 1 amide bonds. The molecule has 1 N–H and O–H groups in total. The number of rotatable bonds is 4. The highest BCUT2D eigenvalue weighted by molar-refractivity contribution is 7.19. The predicted octanol–water partition coefficient (Wildman–Crippen LogP) is 5.20. The van der Waals surface area contributed by atoms with Crippen molar-refractivity contribution < 1.29 is 14.6 Å². The number of carbonyl (C=O) groups is 1. The number of hydrogen-bond acceptors (Lipinski definition) is 5. The van der Waals surface area contributed by atoms with E-state index in [0.717, 1.165) is 57.7 Å². The van der Waals surface area contributed by atoms with Gasteiger partial charge in [-0.05, 0) is 43.5 Å². The zero-order valence-electron chi connectivity index (χ0n) is 16.8. The number of pyridine rings is 1. The van der Waals surface area contributed by atoms with Gasteiger partial charge in [0, 0.05) is 52.3 Å². The summed E-state index contributed by atoms with van der Waals surface area (Å²) in [7, 11) is 0. The Morgan fingerprint density at radius 3 is 2.84 bits per heavy atom. The molecule has 1 saturated heterocycles. The van der Waals surface area contributed by atoms with E-state index in [-0.39, 0.29) is 11.8 Å². The highest BCUT2D eigenvalue weighted by Gasteiger charge is 2.35. The smallest absolute Gasteiger partial charge is 0.263 e. The molecule has 1 aromatic carbocycles. The van der Waals surface area contributed by atoms with Crippen LogP contribution in [0.2, 0.25) is 5.02 Å². The molecular weight excluding hydrogens is 455 g/mol. The number of aliphatic hydroxyl groups excluding tert-OH is 1. The van der Waals surface area contributed by atoms with E-state index < -0.39 is 12.2 Å². The van der Waals surface area contributed by atoms with E-state index in [1.165, 1.54) is 17.8 Å². The van der Waals surface area contributed by atoms with E-state index in [9.17, 15) is 9.90 Å². The molecule has 5 nitrogen and oxygen atoms in total. The minimum atomic E-state index is -0.735. The fourth-order valence-corrected chi connectivity index (χ4v) is 6.02. The number of alkyl halides is 1. The molecule has 2 aliphatic rings. The lowest BCUT2D eigenvalue weighted by Gasteiger charge is -2.28. The van der Waals surface area contributed by atoms with Gasteiger partial charge in [-0.15, -0.1) is 22.9 Å². The fourth-order valence-electron chi connectivity index (χ4n) is 4.39. The number of likely N-dealkylation sites (tertiary alicyclic amines) is 1. The maximum absolute atomic E-state index is 13.0. The second-order valence-electron chi connectivity index (χ2n) is 8.03. The van der Waals surface area contributed by atoms with E-state index >= 15 is 0 Å². The van der Waals surface area contributed by atoms with Crippen molar-refractivity contribution in [2.75, 3.05) is 19.0 Å². The number of fused-ring (bicyclic) bond motifs is 2. The van der Waals surface area contributed by atoms with Crippen LogP contribution in [0.25, 0.3) is 21.3 Å². The zero-order chi connectivity index (χ0) is 21.5. The van der Waals surface area contributed by atoms with Crippen molar-refractivity contribution in [1.29, 1.82) is 0 Å². The number of benzene rings is 1. The van der Waals surface area contributed by atoms with Crippen LogP contribution in [-0.4, -0.2) is 46.0 Å². The molecule has 8 heteroatoms. The van der Waals surface area contributed by atoms with Crippen molar-refractivity contribution in [3.8, 4) is 16.9 Å². The van der Waals surface area contributed by atoms with Gasteiger partial charge in [-0.2, -0.15) is 0 Å². The molecule has 0 spiro atoms. The van der Waals surface area contributed by atoms with Crippen LogP contribution in [0.15, 0.2) is 30.5 Å². The third-order valence-electron chi connectivity index (χ3n) is 5.93. The SMILES string of the molecule is O=C(C1Cc2cc(Cl)cc(-c3ccnc4cc(C(O)CCl)sc34)c2O1)N1CCCCC1. The average molecular weight is 477 g/mol. The van der Waals surface area contributed by atoms with E-state index in [0.29, 0.717) is 17.2 Å². The van der Waals surface area contributed by atoms with Gasteiger partial charge in [0.2, 0.25) is 0 Å². The molecule has 2 unspecified atom stereocenters. The van der Waals surface area contributed by atoms with E-state index in [1.807, 2.05) is 29.2 Å². The number of hydrogen-bond donors (Lipinski definition) is 1. The first-order valence-electron chi connectivity index (χ1n) is 10.5. The second-order valence-corrected chi connectivity index (χ2v) is 9.86. The molecular formula is C23H22Cl2N2O3S. The normalized spacial score (nSPS) is 19.3. The van der Waals surface area contributed by atoms with Gasteiger partial charge in [0.05, 0.1) is 16.1 Å². The fraction of sp³-hybridized carbons (Fsp3) is 0.391. The third-order valence-corrected chi connectivity index (χ3v) is 7.70. The summed E-state index contributed by atoms with van der Waals surface area (Å²) in [5, 5.41) is 10.8. The second kappa shape index (κ2) is 8.58. The quantitative estimate of drug-likeness (QED) is 0.525. The molecule has 2 atom stereocenters. The Balaban J connectivity index is 1.53. The van der Waals surface area contributed by atoms with Gasteiger partial charge in [-0.3, -0.25) is 9.78 Å². The first-order chi connectivity index (χ1) is 15.0. The molecule has 1 fully saturated rings. The van der Waals surface area contributed by atoms with Crippen LogP contribution in [0.5, 0.6) is 5.75 Å². The van der Waals surface area contributed by atoms with E-state index in [4.69, 9.17) is 27.9 Å². The summed E-state index contributed by atoms with van der Waals surface area (Å²) in [5.41, 5.74) is 3.50. The Bertz CT molecular complexity index is 1140. The number of halogens is 2. The highest BCUT2D eigenvalue weighted by atomic mass is 35.5. The van der Waals surface area contributed by atoms with Crippen LogP contribution in [-0.2, 0) is 11.2 Å². The number of ether oxygens (including phenoxy) is 1. The van der Waals surface area contributed by atoms with Gasteiger partial charge < -0.3 is 14.7 Å². The van der Waals surface area contributed by atoms with E-state index in [2.05, 4.69) is 4.98 Å². The van der Waals surface area contributed by atoms with Gasteiger partial charge in [0.25, 0.3) is 5.91 Å². The molecule has 2 aliphatic heterocycles. The third kappa shape index (κ3) is 3.91. The molecule has 162 valence electrons. The Morgan fingerprint density at radius 1 is 1.26 bits per heavy atom. The first kappa shape index (κ1) is 21.0. The largest absolute Gasteiger partial charge is 0.479 e. The lowest BCUT2D eigenvalue weighted by molar-refractivity contribution is -0.138. The van der Waals surface area contributed by atoms with Crippen LogP contribution in [0.1, 0.15) is 35.8 Å². The zero-order valence-corrected chi connectivity index (χ0v) is 19.1. The van der Waals surface area contributed by atoms with Crippen molar-refractivity contribution in [3.05, 3.63) is 45.9 Å². The van der Waals surface area contributed by atoms with Gasteiger partial charge in [-0.1, -0.05) is 11.6 Å². The minimum Gasteiger partial charge on any atom is -0.479 e. The number of carbonyl (C=O) groups excluding carboxylic acids is 1. The summed E-state index contributed by atoms with van der Waals surface area (Å²) in [6, 6.07) is 7.55. The van der Waals surface area contributed by atoms with Crippen LogP contribution >= 0.6 is 34.5 Å². The summed E-state index contributed by atoms with van der Waals surface area (Å²) in [6.07, 6.45) is 4.28. The number of aromatic nitrogens is 1. The number of aliphatic hydroxyl groups is 1. The summed E-state index contributed by atoms with van der Waals surface area (Å²) in [6.45, 7) is 1.60. The summed E-state index contributed by atoms with van der Waals surface area (Å²) in [4.78, 5) is 20.2. The number of thiophene rings is 1. The Hall–Kier alpha value is -1.86. The van der Waals surface area contributed by atoms with Crippen LogP contribution in [0.3, 0.4) is 0 Å². The molecule has 0 bridgehead atoms. The number of piperidine rings is 1. The molecule has 2 aromatic heterocycles. The molecule has 4 heterocycles. The van der Waals surface area contributed by atoms with Gasteiger partial charge in [0.1, 0.15) is 11.9 Å². The maximum Gasteiger partial charge on any atom is 0.263 e. The summed E-state index contributed by atoms with van der Waals surface area (Å²) in [5.74, 6) is 0.889. The summed E-state index contributed by atoms with van der Waals surface area (Å²) >= 11 is 13.8. The summed E-state index contributed by atoms with van der Waals surface area (Å²) < 4.78 is 7.18. The molecule has 3 aromatic rings. The molecule has 0 saturated carbocycles. The lowest BCUT2D eigenvalue weighted by Crippen LogP contribution is -2.43. The topological polar surface area (TPSA) is 62.7 Å². The van der Waals surface area contributed by atoms with Gasteiger partial charge >= 0.3 is 0 Å². The van der Waals surface area contributed by atoms with Crippen molar-refractivity contribution in [3.63, 3.8) is 0 Å². The number of nitrogens with zero attached hydrogens (tertiary/aromatic N) is 2. The maximum atomic E-state index is 13.0. The van der Waals surface area contributed by atoms with Crippen LogP contribution < -0.4 is 4.74 Å². The van der Waals surface area contributed by atoms with Crippen molar-refractivity contribution in [1.82, 2.24) is 9.88 Å². The van der Waals surface area contributed by atoms with Crippen molar-refractivity contribution in [2.24, 2.45) is 0 Å². The first-order valence-corrected chi connectivity index (χ1v) is 12.2. The van der Waals surface area contributed by atoms with Gasteiger partial charge in [0.15, 0.2) is 6.10 Å². The molecule has 5 rings (SSSR count). The monoisotopic (exact) mass is 476 g/mol. The van der Waals surface area contributed by atoms with E-state index in [1.54, 1.807) is 6.20 Å². The minimum absolute atomic E-state index is 0.0569. The van der Waals surface area contributed by atoms with Gasteiger partial charge in [-0.25, -0.2) is 0 Å². The highest BCUT2D eigenvalue weighted by Crippen LogP contribution is 2.45. The Morgan fingerprint density at radius 2 is 2.06 bits per heavy atom. The molecule has 0 aliphatic carbocycles.